The second kappa shape index (κ2) is 5.59. The first kappa shape index (κ1) is 13.8. The number of amides is 1. The highest BCUT2D eigenvalue weighted by Gasteiger charge is 2.29. The maximum absolute atomic E-state index is 12.1. The van der Waals surface area contributed by atoms with Gasteiger partial charge in [-0.2, -0.15) is 0 Å². The van der Waals surface area contributed by atoms with E-state index in [2.05, 4.69) is 10.6 Å². The van der Waals surface area contributed by atoms with Crippen molar-refractivity contribution in [2.24, 2.45) is 0 Å². The largest absolute Gasteiger partial charge is 0.508 e. The van der Waals surface area contributed by atoms with Crippen LogP contribution >= 0.6 is 0 Å². The van der Waals surface area contributed by atoms with Gasteiger partial charge in [0.05, 0.1) is 12.1 Å². The van der Waals surface area contributed by atoms with Gasteiger partial charge in [-0.1, -0.05) is 0 Å². The molecule has 1 heterocycles. The average Bonchev–Trinajstić information content (AvgIpc) is 2.84. The number of carbonyl (C=O) groups is 1. The molecular weight excluding hydrogens is 244 g/mol. The standard InChI is InChI=1S/C14H20N2O3/c1-8-5-13(17)9(2)4-11(8)16-14(18)12-6-10(19-3)7-15-12/h4-5,10,12,15,17H,6-7H2,1-3H3,(H,16,18). The summed E-state index contributed by atoms with van der Waals surface area (Å²) in [6, 6.07) is 3.22. The fourth-order valence-electron chi connectivity index (χ4n) is 2.24. The quantitative estimate of drug-likeness (QED) is 0.720. The first-order valence-corrected chi connectivity index (χ1v) is 6.38. The van der Waals surface area contributed by atoms with Gasteiger partial charge < -0.3 is 20.5 Å². The van der Waals surface area contributed by atoms with Gasteiger partial charge in [-0.05, 0) is 43.5 Å². The summed E-state index contributed by atoms with van der Waals surface area (Å²) in [4.78, 5) is 12.1. The molecule has 0 saturated carbocycles. The maximum atomic E-state index is 12.1. The fraction of sp³-hybridized carbons (Fsp3) is 0.500. The van der Waals surface area contributed by atoms with E-state index in [1.165, 1.54) is 0 Å². The van der Waals surface area contributed by atoms with Crippen LogP contribution in [0.4, 0.5) is 5.69 Å². The number of hydrogen-bond donors (Lipinski definition) is 3. The zero-order valence-corrected chi connectivity index (χ0v) is 11.5. The van der Waals surface area contributed by atoms with E-state index in [4.69, 9.17) is 4.74 Å². The summed E-state index contributed by atoms with van der Waals surface area (Å²) in [6.07, 6.45) is 0.775. The summed E-state index contributed by atoms with van der Waals surface area (Å²) in [7, 11) is 1.65. The van der Waals surface area contributed by atoms with Crippen LogP contribution in [0.5, 0.6) is 5.75 Å². The molecule has 104 valence electrons. The van der Waals surface area contributed by atoms with Crippen LogP contribution in [0.1, 0.15) is 17.5 Å². The summed E-state index contributed by atoms with van der Waals surface area (Å²) >= 11 is 0. The molecule has 0 bridgehead atoms. The minimum atomic E-state index is -0.224. The molecule has 1 aliphatic rings. The number of ether oxygens (including phenoxy) is 1. The third kappa shape index (κ3) is 3.05. The maximum Gasteiger partial charge on any atom is 0.241 e. The number of phenolic OH excluding ortho intramolecular Hbond substituents is 1. The number of aryl methyl sites for hydroxylation is 2. The van der Waals surface area contributed by atoms with Gasteiger partial charge in [-0.3, -0.25) is 4.79 Å². The number of phenols is 1. The lowest BCUT2D eigenvalue weighted by Gasteiger charge is -2.14. The van der Waals surface area contributed by atoms with Gasteiger partial charge in [0, 0.05) is 19.3 Å². The summed E-state index contributed by atoms with van der Waals surface area (Å²) < 4.78 is 5.22. The molecule has 1 fully saturated rings. The van der Waals surface area contributed by atoms with Gasteiger partial charge >= 0.3 is 0 Å². The molecule has 2 atom stereocenters. The lowest BCUT2D eigenvalue weighted by atomic mass is 10.1. The van der Waals surface area contributed by atoms with Gasteiger partial charge in [-0.25, -0.2) is 0 Å². The lowest BCUT2D eigenvalue weighted by Crippen LogP contribution is -2.35. The lowest BCUT2D eigenvalue weighted by molar-refractivity contribution is -0.118. The van der Waals surface area contributed by atoms with E-state index in [0.717, 1.165) is 16.8 Å². The molecule has 0 spiro atoms. The highest BCUT2D eigenvalue weighted by Crippen LogP contribution is 2.25. The Labute approximate surface area is 113 Å². The molecule has 19 heavy (non-hydrogen) atoms. The van der Waals surface area contributed by atoms with E-state index in [1.54, 1.807) is 26.2 Å². The first-order chi connectivity index (χ1) is 9.01. The zero-order chi connectivity index (χ0) is 14.0. The van der Waals surface area contributed by atoms with Crippen LogP contribution in [0.15, 0.2) is 12.1 Å². The van der Waals surface area contributed by atoms with Crippen LogP contribution in [0, 0.1) is 13.8 Å². The van der Waals surface area contributed by atoms with Crippen molar-refractivity contribution in [3.8, 4) is 5.75 Å². The van der Waals surface area contributed by atoms with Gasteiger partial charge in [0.25, 0.3) is 0 Å². The van der Waals surface area contributed by atoms with E-state index in [-0.39, 0.29) is 23.8 Å². The predicted molar refractivity (Wildman–Crippen MR) is 73.4 cm³/mol. The summed E-state index contributed by atoms with van der Waals surface area (Å²) in [5.74, 6) is 0.182. The predicted octanol–water partition coefficient (Wildman–Crippen LogP) is 1.32. The number of nitrogens with one attached hydrogen (secondary N) is 2. The molecule has 1 aliphatic heterocycles. The smallest absolute Gasteiger partial charge is 0.241 e. The molecule has 1 aromatic rings. The van der Waals surface area contributed by atoms with Crippen molar-refractivity contribution in [1.29, 1.82) is 0 Å². The highest BCUT2D eigenvalue weighted by atomic mass is 16.5. The number of hydrogen-bond acceptors (Lipinski definition) is 4. The second-order valence-corrected chi connectivity index (χ2v) is 5.00. The molecule has 1 saturated heterocycles. The Bertz CT molecular complexity index is 488. The Kier molecular flexibility index (Phi) is 4.07. The molecule has 0 radical (unpaired) electrons. The Morgan fingerprint density at radius 2 is 2.16 bits per heavy atom. The summed E-state index contributed by atoms with van der Waals surface area (Å²) in [5.41, 5.74) is 2.33. The third-order valence-corrected chi connectivity index (χ3v) is 3.54. The van der Waals surface area contributed by atoms with Gasteiger partial charge in [0.1, 0.15) is 5.75 Å². The van der Waals surface area contributed by atoms with E-state index in [1.807, 2.05) is 6.92 Å². The van der Waals surface area contributed by atoms with Gasteiger partial charge in [0.15, 0.2) is 0 Å². The van der Waals surface area contributed by atoms with Crippen molar-refractivity contribution in [2.75, 3.05) is 19.0 Å². The van der Waals surface area contributed by atoms with Crippen LogP contribution < -0.4 is 10.6 Å². The molecule has 2 unspecified atom stereocenters. The van der Waals surface area contributed by atoms with Crippen LogP contribution in [-0.2, 0) is 9.53 Å². The van der Waals surface area contributed by atoms with Crippen molar-refractivity contribution in [3.05, 3.63) is 23.3 Å². The van der Waals surface area contributed by atoms with Gasteiger partial charge in [-0.15, -0.1) is 0 Å². The van der Waals surface area contributed by atoms with Crippen molar-refractivity contribution < 1.29 is 14.6 Å². The average molecular weight is 264 g/mol. The van der Waals surface area contributed by atoms with Crippen LogP contribution in [0.3, 0.4) is 0 Å². The molecule has 5 heteroatoms. The number of rotatable bonds is 3. The molecule has 0 aliphatic carbocycles. The van der Waals surface area contributed by atoms with Crippen molar-refractivity contribution in [1.82, 2.24) is 5.32 Å². The molecule has 1 amide bonds. The molecule has 5 nitrogen and oxygen atoms in total. The molecule has 1 aromatic carbocycles. The Balaban J connectivity index is 2.05. The minimum absolute atomic E-state index is 0.0623. The van der Waals surface area contributed by atoms with Crippen molar-refractivity contribution >= 4 is 11.6 Å². The molecule has 3 N–H and O–H groups in total. The summed E-state index contributed by atoms with van der Waals surface area (Å²) in [5, 5.41) is 15.6. The van der Waals surface area contributed by atoms with Crippen molar-refractivity contribution in [2.45, 2.75) is 32.4 Å². The van der Waals surface area contributed by atoms with Crippen LogP contribution in [0.2, 0.25) is 0 Å². The number of anilines is 1. The Hall–Kier alpha value is -1.59. The van der Waals surface area contributed by atoms with E-state index in [9.17, 15) is 9.90 Å². The number of benzene rings is 1. The topological polar surface area (TPSA) is 70.6 Å². The van der Waals surface area contributed by atoms with E-state index < -0.39 is 0 Å². The molecule has 2 rings (SSSR count). The Morgan fingerprint density at radius 3 is 2.79 bits per heavy atom. The number of aromatic hydroxyl groups is 1. The van der Waals surface area contributed by atoms with E-state index >= 15 is 0 Å². The van der Waals surface area contributed by atoms with Crippen molar-refractivity contribution in [3.63, 3.8) is 0 Å². The normalized spacial score (nSPS) is 22.5. The monoisotopic (exact) mass is 264 g/mol. The first-order valence-electron chi connectivity index (χ1n) is 6.38. The fourth-order valence-corrected chi connectivity index (χ4v) is 2.24. The Morgan fingerprint density at radius 1 is 1.42 bits per heavy atom. The van der Waals surface area contributed by atoms with Crippen LogP contribution in [-0.4, -0.2) is 36.8 Å². The number of carbonyl (C=O) groups excluding carboxylic acids is 1. The second-order valence-electron chi connectivity index (χ2n) is 5.00. The highest BCUT2D eigenvalue weighted by molar-refractivity contribution is 5.95. The summed E-state index contributed by atoms with van der Waals surface area (Å²) in [6.45, 7) is 4.36. The zero-order valence-electron chi connectivity index (χ0n) is 11.5. The molecule has 0 aromatic heterocycles. The minimum Gasteiger partial charge on any atom is -0.508 e. The third-order valence-electron chi connectivity index (χ3n) is 3.54. The number of methoxy groups -OCH3 is 1. The molecular formula is C14H20N2O3. The van der Waals surface area contributed by atoms with E-state index in [0.29, 0.717) is 13.0 Å². The SMILES string of the molecule is COC1CNC(C(=O)Nc2cc(C)c(O)cc2C)C1. The van der Waals surface area contributed by atoms with Gasteiger partial charge in [0.2, 0.25) is 5.91 Å². The van der Waals surface area contributed by atoms with Crippen LogP contribution in [0.25, 0.3) is 0 Å².